The molecule has 0 aliphatic heterocycles. The van der Waals surface area contributed by atoms with Gasteiger partial charge in [0.25, 0.3) is 0 Å². The smallest absolute Gasteiger partial charge is 0.228 e. The minimum Gasteiger partial charge on any atom is -0.344 e. The normalized spacial score (nSPS) is 16.3. The molecule has 1 fully saturated rings. The van der Waals surface area contributed by atoms with Crippen LogP contribution in [0.15, 0.2) is 12.4 Å². The predicted molar refractivity (Wildman–Crippen MR) is 92.9 cm³/mol. The van der Waals surface area contributed by atoms with Crippen LogP contribution in [0.1, 0.15) is 63.2 Å². The molecule has 24 heavy (non-hydrogen) atoms. The maximum atomic E-state index is 12.5. The lowest BCUT2D eigenvalue weighted by molar-refractivity contribution is -0.120. The van der Waals surface area contributed by atoms with Crippen LogP contribution in [0.25, 0.3) is 11.2 Å². The number of ketones is 1. The van der Waals surface area contributed by atoms with Crippen molar-refractivity contribution in [2.24, 2.45) is 11.3 Å². The van der Waals surface area contributed by atoms with E-state index in [9.17, 15) is 9.59 Å². The maximum absolute atomic E-state index is 12.5. The Morgan fingerprint density at radius 1 is 1.21 bits per heavy atom. The molecule has 0 unspecified atom stereocenters. The van der Waals surface area contributed by atoms with Crippen LogP contribution in [-0.2, 0) is 4.79 Å². The third-order valence-corrected chi connectivity index (χ3v) is 4.53. The number of carbonyl (C=O) groups excluding carboxylic acids is 2. The van der Waals surface area contributed by atoms with E-state index in [2.05, 4.69) is 20.3 Å². The number of nitrogens with one attached hydrogen (secondary N) is 2. The first-order chi connectivity index (χ1) is 11.4. The van der Waals surface area contributed by atoms with Gasteiger partial charge in [0, 0.05) is 17.5 Å². The van der Waals surface area contributed by atoms with Crippen LogP contribution >= 0.6 is 0 Å². The molecule has 0 saturated heterocycles. The number of H-pyrrole nitrogens is 1. The number of amides is 1. The van der Waals surface area contributed by atoms with E-state index in [0.717, 1.165) is 25.7 Å². The van der Waals surface area contributed by atoms with Gasteiger partial charge in [-0.3, -0.25) is 9.59 Å². The second-order valence-corrected chi connectivity index (χ2v) is 7.56. The van der Waals surface area contributed by atoms with Crippen molar-refractivity contribution in [2.45, 2.75) is 52.9 Å². The highest BCUT2D eigenvalue weighted by molar-refractivity contribution is 6.08. The molecule has 128 valence electrons. The van der Waals surface area contributed by atoms with Gasteiger partial charge >= 0.3 is 0 Å². The fourth-order valence-corrected chi connectivity index (χ4v) is 3.12. The zero-order valence-electron chi connectivity index (χ0n) is 14.5. The van der Waals surface area contributed by atoms with Gasteiger partial charge in [0.2, 0.25) is 5.91 Å². The summed E-state index contributed by atoms with van der Waals surface area (Å²) in [5.41, 5.74) is 1.08. The lowest BCUT2D eigenvalue weighted by atomic mass is 9.87. The molecule has 3 rings (SSSR count). The molecule has 0 radical (unpaired) electrons. The molecule has 1 amide bonds. The molecule has 2 aromatic rings. The summed E-state index contributed by atoms with van der Waals surface area (Å²) < 4.78 is 0. The second-order valence-electron chi connectivity index (χ2n) is 7.56. The minimum atomic E-state index is -0.502. The van der Waals surface area contributed by atoms with Gasteiger partial charge in [-0.05, 0) is 12.8 Å². The summed E-state index contributed by atoms with van der Waals surface area (Å²) >= 11 is 0. The van der Waals surface area contributed by atoms with Gasteiger partial charge in [-0.15, -0.1) is 0 Å². The second kappa shape index (κ2) is 6.34. The molecule has 1 saturated carbocycles. The number of fused-ring (bicyclic) bond motifs is 1. The van der Waals surface area contributed by atoms with Crippen molar-refractivity contribution < 1.29 is 9.59 Å². The quantitative estimate of drug-likeness (QED) is 0.841. The fraction of sp³-hybridized carbons (Fsp3) is 0.556. The fourth-order valence-electron chi connectivity index (χ4n) is 3.12. The van der Waals surface area contributed by atoms with Gasteiger partial charge in [-0.1, -0.05) is 40.0 Å². The first-order valence-corrected chi connectivity index (χ1v) is 8.56. The highest BCUT2D eigenvalue weighted by Gasteiger charge is 2.27. The Morgan fingerprint density at radius 2 is 1.92 bits per heavy atom. The van der Waals surface area contributed by atoms with E-state index in [-0.39, 0.29) is 17.6 Å². The first kappa shape index (κ1) is 16.6. The van der Waals surface area contributed by atoms with Gasteiger partial charge in [-0.25, -0.2) is 9.97 Å². The highest BCUT2D eigenvalue weighted by atomic mass is 16.2. The zero-order valence-corrected chi connectivity index (χ0v) is 14.5. The van der Waals surface area contributed by atoms with Crippen molar-refractivity contribution in [3.63, 3.8) is 0 Å². The maximum Gasteiger partial charge on any atom is 0.228 e. The third-order valence-electron chi connectivity index (χ3n) is 4.53. The average Bonchev–Trinajstić information content (AvgIpc) is 2.97. The topological polar surface area (TPSA) is 87.7 Å². The van der Waals surface area contributed by atoms with E-state index in [1.54, 1.807) is 6.20 Å². The summed E-state index contributed by atoms with van der Waals surface area (Å²) in [6.07, 6.45) is 8.45. The zero-order chi connectivity index (χ0) is 17.3. The molecule has 2 aromatic heterocycles. The van der Waals surface area contributed by atoms with Gasteiger partial charge in [0.15, 0.2) is 17.2 Å². The summed E-state index contributed by atoms with van der Waals surface area (Å²) in [5, 5.41) is 2.86. The number of carbonyl (C=O) groups is 2. The Morgan fingerprint density at radius 3 is 2.58 bits per heavy atom. The summed E-state index contributed by atoms with van der Waals surface area (Å²) in [6.45, 7) is 5.61. The lowest BCUT2D eigenvalue weighted by Crippen LogP contribution is -2.25. The Hall–Kier alpha value is -2.24. The van der Waals surface area contributed by atoms with E-state index >= 15 is 0 Å². The number of nitrogens with zero attached hydrogens (tertiary/aromatic N) is 2. The molecule has 0 bridgehead atoms. The number of aromatic nitrogens is 3. The van der Waals surface area contributed by atoms with E-state index < -0.39 is 5.41 Å². The number of aromatic amines is 1. The Labute approximate surface area is 141 Å². The Bertz CT molecular complexity index is 767. The molecule has 6 nitrogen and oxygen atoms in total. The largest absolute Gasteiger partial charge is 0.344 e. The van der Waals surface area contributed by atoms with Crippen LogP contribution in [0.3, 0.4) is 0 Å². The summed E-state index contributed by atoms with van der Waals surface area (Å²) in [4.78, 5) is 36.6. The van der Waals surface area contributed by atoms with Crippen LogP contribution in [0.2, 0.25) is 0 Å². The molecule has 2 N–H and O–H groups in total. The summed E-state index contributed by atoms with van der Waals surface area (Å²) in [5.74, 6) is 0.458. The van der Waals surface area contributed by atoms with E-state index in [0.29, 0.717) is 22.5 Å². The van der Waals surface area contributed by atoms with Crippen LogP contribution in [0.4, 0.5) is 5.82 Å². The molecule has 6 heteroatoms. The molecule has 0 spiro atoms. The third kappa shape index (κ3) is 3.32. The van der Waals surface area contributed by atoms with Crippen LogP contribution in [-0.4, -0.2) is 26.6 Å². The molecule has 2 heterocycles. The highest BCUT2D eigenvalue weighted by Crippen LogP contribution is 2.27. The van der Waals surface area contributed by atoms with Crippen LogP contribution < -0.4 is 5.32 Å². The number of anilines is 1. The molecular weight excluding hydrogens is 304 g/mol. The standard InChI is InChI=1S/C18H24N4O2/c1-18(2,3)15(23)12-9-19-16-14(12)21-13(10-20-16)22-17(24)11-7-5-4-6-8-11/h9-11H,4-8H2,1-3H3,(H,19,20)(H,21,22,24). The lowest BCUT2D eigenvalue weighted by Gasteiger charge is -2.20. The van der Waals surface area contributed by atoms with Gasteiger partial charge in [0.05, 0.1) is 11.8 Å². The van der Waals surface area contributed by atoms with Crippen molar-refractivity contribution in [1.29, 1.82) is 0 Å². The van der Waals surface area contributed by atoms with Crippen molar-refractivity contribution in [1.82, 2.24) is 15.0 Å². The molecule has 0 aromatic carbocycles. The van der Waals surface area contributed by atoms with Gasteiger partial charge < -0.3 is 10.3 Å². The SMILES string of the molecule is CC(C)(C)C(=O)c1c[nH]c2ncc(NC(=O)C3CCCCC3)nc12. The minimum absolute atomic E-state index is 0.00110. The van der Waals surface area contributed by atoms with E-state index in [1.165, 1.54) is 12.6 Å². The number of rotatable bonds is 3. The van der Waals surface area contributed by atoms with Gasteiger partial charge in [-0.2, -0.15) is 0 Å². The molecule has 1 aliphatic carbocycles. The average molecular weight is 328 g/mol. The van der Waals surface area contributed by atoms with Crippen molar-refractivity contribution in [2.75, 3.05) is 5.32 Å². The first-order valence-electron chi connectivity index (χ1n) is 8.56. The van der Waals surface area contributed by atoms with Crippen LogP contribution in [0.5, 0.6) is 0 Å². The number of hydrogen-bond acceptors (Lipinski definition) is 4. The monoisotopic (exact) mass is 328 g/mol. The van der Waals surface area contributed by atoms with Crippen molar-refractivity contribution >= 4 is 28.7 Å². The van der Waals surface area contributed by atoms with E-state index in [4.69, 9.17) is 0 Å². The Kier molecular flexibility index (Phi) is 4.39. The number of hydrogen-bond donors (Lipinski definition) is 2. The molecular formula is C18H24N4O2. The predicted octanol–water partition coefficient (Wildman–Crippen LogP) is 3.71. The van der Waals surface area contributed by atoms with Gasteiger partial charge in [0.1, 0.15) is 5.52 Å². The van der Waals surface area contributed by atoms with Crippen molar-refractivity contribution in [3.8, 4) is 0 Å². The van der Waals surface area contributed by atoms with Crippen molar-refractivity contribution in [3.05, 3.63) is 18.0 Å². The number of Topliss-reactive ketones (excluding diaryl/α,β-unsaturated/α-hetero) is 1. The summed E-state index contributed by atoms with van der Waals surface area (Å²) in [7, 11) is 0. The summed E-state index contributed by atoms with van der Waals surface area (Å²) in [6, 6.07) is 0. The Balaban J connectivity index is 1.85. The van der Waals surface area contributed by atoms with Crippen LogP contribution in [0, 0.1) is 11.3 Å². The molecule has 0 atom stereocenters. The van der Waals surface area contributed by atoms with E-state index in [1.807, 2.05) is 20.8 Å². The molecule has 1 aliphatic rings.